The lowest BCUT2D eigenvalue weighted by Gasteiger charge is -2.17. The van der Waals surface area contributed by atoms with Crippen LogP contribution in [0.15, 0.2) is 39.7 Å². The number of nitro groups is 1. The summed E-state index contributed by atoms with van der Waals surface area (Å²) in [6.45, 7) is 0. The predicted octanol–water partition coefficient (Wildman–Crippen LogP) is 5.14. The predicted molar refractivity (Wildman–Crippen MR) is 108 cm³/mol. The summed E-state index contributed by atoms with van der Waals surface area (Å²) in [6, 6.07) is 7.15. The normalized spacial score (nSPS) is 18.8. The number of aromatic nitrogens is 1. The van der Waals surface area contributed by atoms with E-state index >= 15 is 0 Å². The van der Waals surface area contributed by atoms with Gasteiger partial charge in [-0.2, -0.15) is 5.10 Å². The van der Waals surface area contributed by atoms with Gasteiger partial charge >= 0.3 is 0 Å². The number of hydrogen-bond acceptors (Lipinski definition) is 5. The van der Waals surface area contributed by atoms with E-state index in [1.807, 2.05) is 16.1 Å². The fraction of sp³-hybridized carbons (Fsp3) is 0.500. The van der Waals surface area contributed by atoms with Crippen molar-refractivity contribution in [2.45, 2.75) is 63.8 Å². The average molecular weight is 385 g/mol. The van der Waals surface area contributed by atoms with Crippen LogP contribution in [0.1, 0.15) is 57.8 Å². The first-order valence-electron chi connectivity index (χ1n) is 9.76. The van der Waals surface area contributed by atoms with Gasteiger partial charge in [0.2, 0.25) is 4.80 Å². The summed E-state index contributed by atoms with van der Waals surface area (Å²) in [5.74, 6) is 0. The SMILES string of the molecule is O=[N+]([O-])c1cccc(-c2csc(=NC3CCCCC3)n2N=C2CCCC2)c1. The van der Waals surface area contributed by atoms with Crippen LogP contribution in [0.5, 0.6) is 0 Å². The Bertz CT molecular complexity index is 914. The molecule has 0 saturated heterocycles. The third kappa shape index (κ3) is 4.18. The van der Waals surface area contributed by atoms with Crippen LogP contribution in [0.2, 0.25) is 0 Å². The molecule has 0 unspecified atom stereocenters. The second-order valence-corrected chi connectivity index (χ2v) is 8.15. The minimum Gasteiger partial charge on any atom is -0.258 e. The monoisotopic (exact) mass is 384 g/mol. The quantitative estimate of drug-likeness (QED) is 0.541. The highest BCUT2D eigenvalue weighted by Crippen LogP contribution is 2.26. The van der Waals surface area contributed by atoms with Crippen molar-refractivity contribution in [2.24, 2.45) is 10.1 Å². The molecule has 0 radical (unpaired) electrons. The first kappa shape index (κ1) is 18.1. The van der Waals surface area contributed by atoms with E-state index in [1.165, 1.54) is 43.9 Å². The van der Waals surface area contributed by atoms with Gasteiger partial charge in [-0.05, 0) is 38.5 Å². The zero-order valence-corrected chi connectivity index (χ0v) is 16.2. The Kier molecular flexibility index (Phi) is 5.48. The number of nitro benzene ring substituents is 1. The molecule has 4 rings (SSSR count). The van der Waals surface area contributed by atoms with E-state index in [0.29, 0.717) is 6.04 Å². The van der Waals surface area contributed by atoms with Gasteiger partial charge in [-0.3, -0.25) is 15.1 Å². The summed E-state index contributed by atoms with van der Waals surface area (Å²) >= 11 is 1.58. The van der Waals surface area contributed by atoms with Crippen molar-refractivity contribution < 1.29 is 4.92 Å². The highest BCUT2D eigenvalue weighted by molar-refractivity contribution is 7.07. The molecule has 2 saturated carbocycles. The van der Waals surface area contributed by atoms with Gasteiger partial charge in [-0.15, -0.1) is 11.3 Å². The summed E-state index contributed by atoms with van der Waals surface area (Å²) < 4.78 is 1.93. The third-order valence-corrected chi connectivity index (χ3v) is 6.16. The summed E-state index contributed by atoms with van der Waals surface area (Å²) in [7, 11) is 0. The number of nitrogens with zero attached hydrogens (tertiary/aromatic N) is 4. The highest BCUT2D eigenvalue weighted by atomic mass is 32.1. The fourth-order valence-corrected chi connectivity index (χ4v) is 4.76. The maximum atomic E-state index is 11.2. The molecule has 2 aliphatic rings. The van der Waals surface area contributed by atoms with E-state index in [2.05, 4.69) is 0 Å². The molecule has 0 bridgehead atoms. The summed E-state index contributed by atoms with van der Waals surface area (Å²) in [5, 5.41) is 18.1. The molecule has 7 heteroatoms. The van der Waals surface area contributed by atoms with Crippen LogP contribution in [-0.2, 0) is 0 Å². The zero-order valence-electron chi connectivity index (χ0n) is 15.3. The van der Waals surface area contributed by atoms with Crippen molar-refractivity contribution in [3.8, 4) is 11.3 Å². The lowest BCUT2D eigenvalue weighted by molar-refractivity contribution is -0.384. The number of benzene rings is 1. The number of hydrogen-bond donors (Lipinski definition) is 0. The summed E-state index contributed by atoms with van der Waals surface area (Å²) in [6.07, 6.45) is 10.5. The smallest absolute Gasteiger partial charge is 0.258 e. The van der Waals surface area contributed by atoms with Gasteiger partial charge in [0.25, 0.3) is 5.69 Å². The molecule has 6 nitrogen and oxygen atoms in total. The van der Waals surface area contributed by atoms with Gasteiger partial charge in [0.1, 0.15) is 0 Å². The second-order valence-electron chi connectivity index (χ2n) is 7.32. The van der Waals surface area contributed by atoms with Gasteiger partial charge in [0.05, 0.1) is 16.7 Å². The van der Waals surface area contributed by atoms with E-state index in [-0.39, 0.29) is 10.6 Å². The van der Waals surface area contributed by atoms with Crippen LogP contribution in [0.25, 0.3) is 11.3 Å². The maximum Gasteiger partial charge on any atom is 0.270 e. The first-order chi connectivity index (χ1) is 13.2. The average Bonchev–Trinajstić information content (AvgIpc) is 3.34. The molecule has 27 heavy (non-hydrogen) atoms. The highest BCUT2D eigenvalue weighted by Gasteiger charge is 2.17. The van der Waals surface area contributed by atoms with Crippen molar-refractivity contribution in [3.05, 3.63) is 44.6 Å². The van der Waals surface area contributed by atoms with Crippen LogP contribution in [-0.4, -0.2) is 21.4 Å². The number of thiazole rings is 1. The molecule has 0 N–H and O–H groups in total. The third-order valence-electron chi connectivity index (χ3n) is 5.33. The molecule has 1 heterocycles. The van der Waals surface area contributed by atoms with Gasteiger partial charge in [-0.25, -0.2) is 4.68 Å². The van der Waals surface area contributed by atoms with Crippen molar-refractivity contribution in [2.75, 3.05) is 0 Å². The van der Waals surface area contributed by atoms with Crippen LogP contribution in [0, 0.1) is 10.1 Å². The first-order valence-corrected chi connectivity index (χ1v) is 10.6. The van der Waals surface area contributed by atoms with Gasteiger partial charge in [0.15, 0.2) is 0 Å². The summed E-state index contributed by atoms with van der Waals surface area (Å²) in [5.41, 5.74) is 3.00. The molecular weight excluding hydrogens is 360 g/mol. The Morgan fingerprint density at radius 2 is 1.89 bits per heavy atom. The van der Waals surface area contributed by atoms with Crippen LogP contribution in [0.3, 0.4) is 0 Å². The molecule has 2 aliphatic carbocycles. The molecule has 0 amide bonds. The minimum absolute atomic E-state index is 0.101. The lowest BCUT2D eigenvalue weighted by Crippen LogP contribution is -2.19. The van der Waals surface area contributed by atoms with E-state index in [9.17, 15) is 10.1 Å². The molecule has 0 spiro atoms. The van der Waals surface area contributed by atoms with E-state index < -0.39 is 0 Å². The van der Waals surface area contributed by atoms with Crippen molar-refractivity contribution >= 4 is 22.7 Å². The minimum atomic E-state index is -0.351. The Balaban J connectivity index is 1.79. The standard InChI is InChI=1S/C20H24N4O2S/c25-24(26)18-12-6-7-15(13-18)19-14-27-20(21-16-8-2-1-3-9-16)23(19)22-17-10-4-5-11-17/h6-7,12-14,16H,1-5,8-11H2. The summed E-state index contributed by atoms with van der Waals surface area (Å²) in [4.78, 5) is 16.7. The molecule has 2 fully saturated rings. The Labute approximate surface area is 162 Å². The molecule has 0 aliphatic heterocycles. The second kappa shape index (κ2) is 8.17. The molecule has 2 aromatic rings. The Morgan fingerprint density at radius 3 is 2.63 bits per heavy atom. The largest absolute Gasteiger partial charge is 0.270 e. The Hall–Kier alpha value is -2.28. The van der Waals surface area contributed by atoms with Crippen LogP contribution >= 0.6 is 11.3 Å². The maximum absolute atomic E-state index is 11.2. The topological polar surface area (TPSA) is 72.8 Å². The van der Waals surface area contributed by atoms with Gasteiger partial charge < -0.3 is 0 Å². The van der Waals surface area contributed by atoms with Gasteiger partial charge in [-0.1, -0.05) is 31.4 Å². The molecule has 1 aromatic heterocycles. The van der Waals surface area contributed by atoms with E-state index in [0.717, 1.165) is 41.7 Å². The van der Waals surface area contributed by atoms with Crippen molar-refractivity contribution in [1.29, 1.82) is 0 Å². The van der Waals surface area contributed by atoms with Crippen molar-refractivity contribution in [1.82, 2.24) is 4.68 Å². The van der Waals surface area contributed by atoms with Crippen molar-refractivity contribution in [3.63, 3.8) is 0 Å². The zero-order chi connectivity index (χ0) is 18.6. The van der Waals surface area contributed by atoms with E-state index in [1.54, 1.807) is 23.5 Å². The van der Waals surface area contributed by atoms with Gasteiger partial charge in [0, 0.05) is 28.8 Å². The number of non-ortho nitro benzene ring substituents is 1. The van der Waals surface area contributed by atoms with Crippen LogP contribution in [0.4, 0.5) is 5.69 Å². The molecule has 1 aromatic carbocycles. The fourth-order valence-electron chi connectivity index (χ4n) is 3.85. The number of rotatable bonds is 4. The Morgan fingerprint density at radius 1 is 1.11 bits per heavy atom. The molecule has 0 atom stereocenters. The lowest BCUT2D eigenvalue weighted by atomic mass is 9.96. The van der Waals surface area contributed by atoms with Crippen LogP contribution < -0.4 is 4.80 Å². The van der Waals surface area contributed by atoms with E-state index in [4.69, 9.17) is 10.1 Å². The molecule has 142 valence electrons. The molecular formula is C20H24N4O2S.